The van der Waals surface area contributed by atoms with Crippen molar-refractivity contribution in [2.75, 3.05) is 5.32 Å². The number of nitrogens with one attached hydrogen (secondary N) is 1. The number of anilines is 1. The first-order valence-electron chi connectivity index (χ1n) is 8.95. The van der Waals surface area contributed by atoms with Crippen molar-refractivity contribution in [1.82, 2.24) is 34.5 Å². The molecular weight excluding hydrogens is 340 g/mol. The highest BCUT2D eigenvalue weighted by Crippen LogP contribution is 2.24. The summed E-state index contributed by atoms with van der Waals surface area (Å²) in [5.74, 6) is 2.41. The second-order valence-corrected chi connectivity index (χ2v) is 6.65. The van der Waals surface area contributed by atoms with Gasteiger partial charge in [-0.2, -0.15) is 5.10 Å². The van der Waals surface area contributed by atoms with Crippen LogP contribution in [0.4, 0.5) is 5.82 Å². The maximum atomic E-state index is 4.78. The van der Waals surface area contributed by atoms with E-state index in [4.69, 9.17) is 9.97 Å². The number of hydrogen-bond donors (Lipinski definition) is 1. The Morgan fingerprint density at radius 1 is 1.07 bits per heavy atom. The molecule has 8 nitrogen and oxygen atoms in total. The fourth-order valence-corrected chi connectivity index (χ4v) is 3.14. The molecule has 0 aliphatic heterocycles. The predicted molar refractivity (Wildman–Crippen MR) is 103 cm³/mol. The zero-order valence-corrected chi connectivity index (χ0v) is 15.7. The van der Waals surface area contributed by atoms with E-state index >= 15 is 0 Å². The third kappa shape index (κ3) is 3.51. The molecule has 8 heteroatoms. The molecule has 0 unspecified atom stereocenters. The Morgan fingerprint density at radius 3 is 2.63 bits per heavy atom. The predicted octanol–water partition coefficient (Wildman–Crippen LogP) is 2.45. The van der Waals surface area contributed by atoms with E-state index in [1.54, 1.807) is 17.2 Å². The Balaban J connectivity index is 1.63. The third-order valence-corrected chi connectivity index (χ3v) is 4.61. The Bertz CT molecular complexity index is 1050. The third-order valence-electron chi connectivity index (χ3n) is 4.61. The van der Waals surface area contributed by atoms with Crippen LogP contribution >= 0.6 is 0 Å². The van der Waals surface area contributed by atoms with E-state index in [0.717, 1.165) is 41.3 Å². The number of aryl methyl sites for hydroxylation is 4. The van der Waals surface area contributed by atoms with E-state index in [0.29, 0.717) is 0 Å². The van der Waals surface area contributed by atoms with Crippen LogP contribution in [0.15, 0.2) is 42.9 Å². The lowest BCUT2D eigenvalue weighted by Crippen LogP contribution is -2.14. The summed E-state index contributed by atoms with van der Waals surface area (Å²) in [6, 6.07) is 10.3. The molecule has 4 rings (SSSR count). The zero-order valence-electron chi connectivity index (χ0n) is 15.7. The zero-order chi connectivity index (χ0) is 18.8. The van der Waals surface area contributed by atoms with E-state index in [1.165, 1.54) is 5.56 Å². The number of rotatable bonds is 6. The first-order valence-corrected chi connectivity index (χ1v) is 8.95. The smallest absolute Gasteiger partial charge is 0.163 e. The monoisotopic (exact) mass is 362 g/mol. The Kier molecular flexibility index (Phi) is 4.53. The van der Waals surface area contributed by atoms with E-state index in [1.807, 2.05) is 31.7 Å². The molecular formula is C19H22N8. The second-order valence-electron chi connectivity index (χ2n) is 6.65. The highest BCUT2D eigenvalue weighted by molar-refractivity contribution is 5.86. The van der Waals surface area contributed by atoms with Crippen molar-refractivity contribution in [2.45, 2.75) is 25.8 Å². The van der Waals surface area contributed by atoms with Crippen LogP contribution in [0.2, 0.25) is 0 Å². The molecule has 0 radical (unpaired) electrons. The quantitative estimate of drug-likeness (QED) is 0.567. The van der Waals surface area contributed by atoms with E-state index in [-0.39, 0.29) is 6.04 Å². The van der Waals surface area contributed by atoms with E-state index < -0.39 is 0 Å². The number of benzene rings is 1. The SMILES string of the molecule is C[C@@H](Nc1nc(CCc2ccccc2)nc2c1cnn2C)c1nncn1C. The van der Waals surface area contributed by atoms with Crippen LogP contribution in [0.3, 0.4) is 0 Å². The molecule has 27 heavy (non-hydrogen) atoms. The summed E-state index contributed by atoms with van der Waals surface area (Å²) < 4.78 is 3.68. The second kappa shape index (κ2) is 7.14. The minimum atomic E-state index is -0.0437. The molecule has 0 saturated heterocycles. The van der Waals surface area contributed by atoms with Gasteiger partial charge in [0.2, 0.25) is 0 Å². The van der Waals surface area contributed by atoms with Crippen molar-refractivity contribution in [2.24, 2.45) is 14.1 Å². The van der Waals surface area contributed by atoms with E-state index in [2.05, 4.69) is 44.9 Å². The van der Waals surface area contributed by atoms with Gasteiger partial charge in [0.05, 0.1) is 17.6 Å². The lowest BCUT2D eigenvalue weighted by molar-refractivity contribution is 0.715. The molecule has 0 saturated carbocycles. The number of fused-ring (bicyclic) bond motifs is 1. The standard InChI is InChI=1S/C19H22N8/c1-13(18-25-20-12-26(18)2)22-17-15-11-21-27(3)19(15)24-16(23-17)10-9-14-7-5-4-6-8-14/h4-8,11-13H,9-10H2,1-3H3,(H,22,23,24)/t13-/m1/s1. The normalized spacial score (nSPS) is 12.4. The summed E-state index contributed by atoms with van der Waals surface area (Å²) in [6.45, 7) is 2.04. The fraction of sp³-hybridized carbons (Fsp3) is 0.316. The van der Waals surface area contributed by atoms with Crippen LogP contribution in [0, 0.1) is 0 Å². The topological polar surface area (TPSA) is 86.3 Å². The average molecular weight is 362 g/mol. The highest BCUT2D eigenvalue weighted by atomic mass is 15.3. The summed E-state index contributed by atoms with van der Waals surface area (Å²) in [5.41, 5.74) is 2.09. The number of hydrogen-bond acceptors (Lipinski definition) is 6. The van der Waals surface area contributed by atoms with Gasteiger partial charge in [0.1, 0.15) is 18.0 Å². The average Bonchev–Trinajstić information content (AvgIpc) is 3.27. The fourth-order valence-electron chi connectivity index (χ4n) is 3.14. The highest BCUT2D eigenvalue weighted by Gasteiger charge is 2.17. The van der Waals surface area contributed by atoms with Gasteiger partial charge in [-0.05, 0) is 18.9 Å². The van der Waals surface area contributed by atoms with Crippen molar-refractivity contribution in [3.05, 3.63) is 60.1 Å². The minimum Gasteiger partial charge on any atom is -0.360 e. The van der Waals surface area contributed by atoms with Crippen molar-refractivity contribution >= 4 is 16.9 Å². The van der Waals surface area contributed by atoms with Gasteiger partial charge in [-0.25, -0.2) is 9.97 Å². The summed E-state index contributed by atoms with van der Waals surface area (Å²) >= 11 is 0. The first kappa shape index (κ1) is 17.1. The number of aromatic nitrogens is 7. The van der Waals surface area contributed by atoms with Crippen LogP contribution in [0.1, 0.15) is 30.2 Å². The van der Waals surface area contributed by atoms with Gasteiger partial charge < -0.3 is 9.88 Å². The van der Waals surface area contributed by atoms with Crippen LogP contribution in [-0.2, 0) is 26.9 Å². The largest absolute Gasteiger partial charge is 0.360 e. The van der Waals surface area contributed by atoms with Crippen LogP contribution < -0.4 is 5.32 Å². The lowest BCUT2D eigenvalue weighted by atomic mass is 10.1. The van der Waals surface area contributed by atoms with Crippen molar-refractivity contribution in [1.29, 1.82) is 0 Å². The molecule has 1 atom stereocenters. The number of nitrogens with zero attached hydrogens (tertiary/aromatic N) is 7. The van der Waals surface area contributed by atoms with Crippen LogP contribution in [0.25, 0.3) is 11.0 Å². The maximum absolute atomic E-state index is 4.78. The van der Waals surface area contributed by atoms with Gasteiger partial charge in [0.15, 0.2) is 11.5 Å². The molecule has 0 fully saturated rings. The molecule has 0 aliphatic carbocycles. The summed E-state index contributed by atoms with van der Waals surface area (Å²) in [4.78, 5) is 9.49. The van der Waals surface area contributed by atoms with Crippen LogP contribution in [0.5, 0.6) is 0 Å². The van der Waals surface area contributed by atoms with Crippen molar-refractivity contribution in [3.8, 4) is 0 Å². The first-order chi connectivity index (χ1) is 13.1. The Labute approximate surface area is 157 Å². The van der Waals surface area contributed by atoms with Gasteiger partial charge in [0.25, 0.3) is 0 Å². The van der Waals surface area contributed by atoms with Gasteiger partial charge in [-0.3, -0.25) is 4.68 Å². The summed E-state index contributed by atoms with van der Waals surface area (Å²) in [6.07, 6.45) is 5.14. The summed E-state index contributed by atoms with van der Waals surface area (Å²) in [5, 5.41) is 16.8. The molecule has 3 aromatic heterocycles. The van der Waals surface area contributed by atoms with Gasteiger partial charge in [-0.15, -0.1) is 10.2 Å². The molecule has 138 valence electrons. The Morgan fingerprint density at radius 2 is 1.89 bits per heavy atom. The molecule has 0 amide bonds. The molecule has 0 bridgehead atoms. The molecule has 1 aromatic carbocycles. The van der Waals surface area contributed by atoms with E-state index in [9.17, 15) is 0 Å². The van der Waals surface area contributed by atoms with Gasteiger partial charge in [-0.1, -0.05) is 30.3 Å². The minimum absolute atomic E-state index is 0.0437. The van der Waals surface area contributed by atoms with Gasteiger partial charge in [0, 0.05) is 20.5 Å². The summed E-state index contributed by atoms with van der Waals surface area (Å²) in [7, 11) is 3.82. The van der Waals surface area contributed by atoms with Crippen molar-refractivity contribution in [3.63, 3.8) is 0 Å². The molecule has 1 N–H and O–H groups in total. The molecule has 0 aliphatic rings. The lowest BCUT2D eigenvalue weighted by Gasteiger charge is -2.15. The maximum Gasteiger partial charge on any atom is 0.163 e. The molecule has 4 aromatic rings. The van der Waals surface area contributed by atoms with Crippen molar-refractivity contribution < 1.29 is 0 Å². The molecule has 3 heterocycles. The van der Waals surface area contributed by atoms with Crippen LogP contribution in [-0.4, -0.2) is 34.5 Å². The Hall–Kier alpha value is -3.29. The van der Waals surface area contributed by atoms with Gasteiger partial charge >= 0.3 is 0 Å². The molecule has 0 spiro atoms.